The maximum absolute atomic E-state index is 12.6. The van der Waals surface area contributed by atoms with Crippen LogP contribution < -0.4 is 0 Å². The second-order valence-corrected chi connectivity index (χ2v) is 9.50. The van der Waals surface area contributed by atoms with Crippen LogP contribution in [0.4, 0.5) is 0 Å². The Hall–Kier alpha value is -3.02. The van der Waals surface area contributed by atoms with Gasteiger partial charge in [0.05, 0.1) is 47.8 Å². The SMILES string of the molecule is COC(=O)C1=C(C(=O)OC)[C@H]2[C@H]3C[C@@H]([C@@H]12)[C@H]1[C@@H]3[C@H]2C=C[C@@H]1c1nc3ccccc3nc12. The molecule has 6 aliphatic carbocycles. The molecule has 4 bridgehead atoms. The summed E-state index contributed by atoms with van der Waals surface area (Å²) in [6, 6.07) is 8.05. The molecule has 2 fully saturated rings. The van der Waals surface area contributed by atoms with Crippen molar-refractivity contribution in [2.75, 3.05) is 14.2 Å². The monoisotopic (exact) mass is 414 g/mol. The fourth-order valence-electron chi connectivity index (χ4n) is 7.84. The molecule has 0 aliphatic heterocycles. The van der Waals surface area contributed by atoms with E-state index >= 15 is 0 Å². The first kappa shape index (κ1) is 17.6. The van der Waals surface area contributed by atoms with Gasteiger partial charge in [-0.3, -0.25) is 0 Å². The molecular formula is C25H22N2O4. The van der Waals surface area contributed by atoms with Crippen LogP contribution in [-0.2, 0) is 19.1 Å². The molecule has 1 aromatic heterocycles. The summed E-state index contributed by atoms with van der Waals surface area (Å²) in [7, 11) is 2.77. The Morgan fingerprint density at radius 1 is 0.806 bits per heavy atom. The van der Waals surface area contributed by atoms with Crippen molar-refractivity contribution in [3.05, 3.63) is 59.0 Å². The van der Waals surface area contributed by atoms with Crippen LogP contribution in [-0.4, -0.2) is 36.1 Å². The first-order valence-corrected chi connectivity index (χ1v) is 11.0. The molecule has 0 unspecified atom stereocenters. The van der Waals surface area contributed by atoms with Gasteiger partial charge in [0.1, 0.15) is 0 Å². The van der Waals surface area contributed by atoms with E-state index in [-0.39, 0.29) is 35.6 Å². The molecule has 6 aliphatic rings. The Morgan fingerprint density at radius 2 is 1.26 bits per heavy atom. The number of benzene rings is 1. The van der Waals surface area contributed by atoms with Gasteiger partial charge < -0.3 is 9.47 Å². The van der Waals surface area contributed by atoms with Gasteiger partial charge in [-0.1, -0.05) is 24.3 Å². The number of ether oxygens (including phenoxy) is 2. The highest BCUT2D eigenvalue weighted by Crippen LogP contribution is 2.74. The van der Waals surface area contributed by atoms with Gasteiger partial charge in [0, 0.05) is 23.7 Å². The maximum atomic E-state index is 12.6. The topological polar surface area (TPSA) is 78.4 Å². The molecule has 1 aromatic carbocycles. The summed E-state index contributed by atoms with van der Waals surface area (Å²) in [5.41, 5.74) is 5.19. The molecule has 156 valence electrons. The third kappa shape index (κ3) is 1.95. The highest BCUT2D eigenvalue weighted by atomic mass is 16.5. The summed E-state index contributed by atoms with van der Waals surface area (Å²) in [4.78, 5) is 35.2. The van der Waals surface area contributed by atoms with E-state index in [9.17, 15) is 9.59 Å². The number of esters is 2. The number of methoxy groups -OCH3 is 2. The van der Waals surface area contributed by atoms with Gasteiger partial charge >= 0.3 is 11.9 Å². The number of hydrogen-bond donors (Lipinski definition) is 0. The summed E-state index contributed by atoms with van der Waals surface area (Å²) in [6.07, 6.45) is 5.66. The normalized spacial score (nSPS) is 37.9. The van der Waals surface area contributed by atoms with Crippen LogP contribution >= 0.6 is 0 Å². The number of hydrogen-bond acceptors (Lipinski definition) is 6. The average molecular weight is 414 g/mol. The highest BCUT2D eigenvalue weighted by Gasteiger charge is 2.70. The number of rotatable bonds is 2. The molecule has 31 heavy (non-hydrogen) atoms. The van der Waals surface area contributed by atoms with E-state index in [2.05, 4.69) is 12.2 Å². The minimum Gasteiger partial charge on any atom is -0.466 e. The zero-order valence-electron chi connectivity index (χ0n) is 17.3. The lowest BCUT2D eigenvalue weighted by molar-refractivity contribution is -0.143. The zero-order chi connectivity index (χ0) is 21.0. The Balaban J connectivity index is 1.36. The molecule has 6 nitrogen and oxygen atoms in total. The van der Waals surface area contributed by atoms with E-state index in [1.54, 1.807) is 0 Å². The third-order valence-electron chi connectivity index (χ3n) is 8.67. The lowest BCUT2D eigenvalue weighted by atomic mass is 9.48. The zero-order valence-corrected chi connectivity index (χ0v) is 17.3. The fraction of sp³-hybridized carbons (Fsp3) is 0.440. The Bertz CT molecular complexity index is 1150. The van der Waals surface area contributed by atoms with Gasteiger partial charge in [-0.2, -0.15) is 0 Å². The van der Waals surface area contributed by atoms with Gasteiger partial charge in [0.15, 0.2) is 0 Å². The molecule has 6 heteroatoms. The number of para-hydroxylation sites is 2. The van der Waals surface area contributed by atoms with E-state index < -0.39 is 0 Å². The lowest BCUT2D eigenvalue weighted by Gasteiger charge is -2.54. The van der Waals surface area contributed by atoms with Crippen LogP contribution in [0.3, 0.4) is 0 Å². The van der Waals surface area contributed by atoms with Crippen LogP contribution in [0.25, 0.3) is 11.0 Å². The molecule has 8 rings (SSSR count). The second-order valence-electron chi connectivity index (χ2n) is 9.50. The van der Waals surface area contributed by atoms with Gasteiger partial charge in [-0.05, 0) is 42.2 Å². The fourth-order valence-corrected chi connectivity index (χ4v) is 7.84. The molecule has 8 atom stereocenters. The summed E-state index contributed by atoms with van der Waals surface area (Å²) < 4.78 is 10.1. The summed E-state index contributed by atoms with van der Waals surface area (Å²) in [5.74, 6) is 1.46. The molecular weight excluding hydrogens is 392 g/mol. The quantitative estimate of drug-likeness (QED) is 0.555. The number of carbonyl (C=O) groups excluding carboxylic acids is 2. The number of fused-ring (bicyclic) bond motifs is 6. The van der Waals surface area contributed by atoms with Gasteiger partial charge in [-0.15, -0.1) is 0 Å². The van der Waals surface area contributed by atoms with E-state index in [1.807, 2.05) is 24.3 Å². The van der Waals surface area contributed by atoms with Crippen molar-refractivity contribution in [1.29, 1.82) is 0 Å². The Kier molecular flexibility index (Phi) is 3.31. The van der Waals surface area contributed by atoms with Crippen LogP contribution in [0.5, 0.6) is 0 Å². The number of nitrogens with zero attached hydrogens (tertiary/aromatic N) is 2. The molecule has 2 saturated carbocycles. The highest BCUT2D eigenvalue weighted by molar-refractivity contribution is 6.04. The second kappa shape index (κ2) is 5.81. The predicted octanol–water partition coefficient (Wildman–Crippen LogP) is 3.15. The van der Waals surface area contributed by atoms with Crippen molar-refractivity contribution in [1.82, 2.24) is 9.97 Å². The van der Waals surface area contributed by atoms with Gasteiger partial charge in [0.2, 0.25) is 0 Å². The lowest BCUT2D eigenvalue weighted by Crippen LogP contribution is -2.52. The Morgan fingerprint density at radius 3 is 1.68 bits per heavy atom. The van der Waals surface area contributed by atoms with Crippen LogP contribution in [0.1, 0.15) is 29.6 Å². The first-order chi connectivity index (χ1) is 15.1. The number of allylic oxidation sites excluding steroid dienone is 2. The summed E-state index contributed by atoms with van der Waals surface area (Å²) >= 11 is 0. The van der Waals surface area contributed by atoms with Gasteiger partial charge in [-0.25, -0.2) is 19.6 Å². The van der Waals surface area contributed by atoms with E-state index in [1.165, 1.54) is 14.2 Å². The average Bonchev–Trinajstić information content (AvgIpc) is 3.32. The maximum Gasteiger partial charge on any atom is 0.334 e. The largest absolute Gasteiger partial charge is 0.466 e. The molecule has 2 aromatic rings. The molecule has 0 spiro atoms. The predicted molar refractivity (Wildman–Crippen MR) is 111 cm³/mol. The van der Waals surface area contributed by atoms with E-state index in [0.717, 1.165) is 28.8 Å². The molecule has 1 heterocycles. The molecule has 0 N–H and O–H groups in total. The Labute approximate surface area is 179 Å². The van der Waals surface area contributed by atoms with Crippen LogP contribution in [0, 0.1) is 35.5 Å². The van der Waals surface area contributed by atoms with Crippen LogP contribution in [0.2, 0.25) is 0 Å². The van der Waals surface area contributed by atoms with Crippen molar-refractivity contribution in [2.45, 2.75) is 18.3 Å². The number of carbonyl (C=O) groups is 2. The van der Waals surface area contributed by atoms with Crippen molar-refractivity contribution < 1.29 is 19.1 Å². The summed E-state index contributed by atoms with van der Waals surface area (Å²) in [5, 5.41) is 0. The number of aromatic nitrogens is 2. The van der Waals surface area contributed by atoms with E-state index in [4.69, 9.17) is 19.4 Å². The summed E-state index contributed by atoms with van der Waals surface area (Å²) in [6.45, 7) is 0. The van der Waals surface area contributed by atoms with Crippen molar-refractivity contribution in [3.63, 3.8) is 0 Å². The minimum atomic E-state index is -0.381. The van der Waals surface area contributed by atoms with Crippen molar-refractivity contribution in [2.24, 2.45) is 35.5 Å². The standard InChI is InChI=1S/C25H22N2O4/c1-30-24(28)20-18-12-9-13(19(18)21(20)25(29)31-2)17-11-8-7-10(16(12)17)22-23(11)27-15-6-4-3-5-14(15)26-22/h3-8,10-13,16-19H,9H2,1-2H3/t10-,11+,12+,13-,16-,17+,18+,19-. The minimum absolute atomic E-state index is 0.0948. The van der Waals surface area contributed by atoms with Crippen molar-refractivity contribution in [3.8, 4) is 0 Å². The van der Waals surface area contributed by atoms with Gasteiger partial charge in [0.25, 0.3) is 0 Å². The van der Waals surface area contributed by atoms with Crippen molar-refractivity contribution >= 4 is 23.0 Å². The van der Waals surface area contributed by atoms with E-state index in [0.29, 0.717) is 34.8 Å². The van der Waals surface area contributed by atoms with Crippen LogP contribution in [0.15, 0.2) is 47.6 Å². The third-order valence-corrected chi connectivity index (χ3v) is 8.67. The molecule has 0 radical (unpaired) electrons. The molecule has 0 amide bonds. The smallest absolute Gasteiger partial charge is 0.334 e. The first-order valence-electron chi connectivity index (χ1n) is 11.0. The molecule has 0 saturated heterocycles.